The lowest BCUT2D eigenvalue weighted by Crippen LogP contribution is -2.29. The molecule has 0 bridgehead atoms. The molecule has 150 valence electrons. The van der Waals surface area contributed by atoms with Crippen molar-refractivity contribution in [3.05, 3.63) is 60.4 Å². The molecule has 0 spiro atoms. The van der Waals surface area contributed by atoms with Crippen LogP contribution in [-0.4, -0.2) is 22.6 Å². The molecule has 0 aliphatic carbocycles. The van der Waals surface area contributed by atoms with E-state index in [2.05, 4.69) is 34.1 Å². The van der Waals surface area contributed by atoms with Crippen LogP contribution in [0.2, 0.25) is 0 Å². The number of aromatic nitrogens is 2. The minimum Gasteiger partial charge on any atom is -0.486 e. The molecule has 2 heterocycles. The summed E-state index contributed by atoms with van der Waals surface area (Å²) in [7, 11) is 0. The summed E-state index contributed by atoms with van der Waals surface area (Å²) < 4.78 is 8.33. The smallest absolute Gasteiger partial charge is 0.147 e. The van der Waals surface area contributed by atoms with Crippen LogP contribution in [0.1, 0.15) is 45.8 Å². The quantitative estimate of drug-likeness (QED) is 0.505. The second-order valence-corrected chi connectivity index (χ2v) is 7.83. The topological polar surface area (TPSA) is 39.1 Å². The first-order chi connectivity index (χ1) is 13.9. The molecule has 0 saturated carbocycles. The summed E-state index contributed by atoms with van der Waals surface area (Å²) in [6, 6.07) is 18.4. The van der Waals surface area contributed by atoms with Crippen LogP contribution in [-0.2, 0) is 13.2 Å². The second kappa shape index (κ2) is 9.74. The number of para-hydroxylation sites is 3. The molecular weight excluding hydrogens is 346 g/mol. The van der Waals surface area contributed by atoms with Crippen LogP contribution >= 0.6 is 0 Å². The van der Waals surface area contributed by atoms with Gasteiger partial charge in [-0.1, -0.05) is 43.2 Å². The number of piperidine rings is 1. The maximum absolute atomic E-state index is 5.98. The summed E-state index contributed by atoms with van der Waals surface area (Å²) in [5, 5.41) is 3.53. The minimum atomic E-state index is 0. The molecule has 1 atom stereocenters. The zero-order chi connectivity index (χ0) is 19.0. The van der Waals surface area contributed by atoms with E-state index in [-0.39, 0.29) is 1.43 Å². The normalized spacial score (nSPS) is 17.1. The van der Waals surface area contributed by atoms with E-state index >= 15 is 0 Å². The van der Waals surface area contributed by atoms with Gasteiger partial charge in [-0.2, -0.15) is 0 Å². The SMILES string of the molecule is [HH].c1ccc(OCc2nc3ccccc3n2CCCCCC2CCCNC2)cc1. The number of unbranched alkanes of at least 4 members (excludes halogenated alkanes) is 2. The molecule has 1 N–H and O–H groups in total. The Labute approximate surface area is 169 Å². The Balaban J connectivity index is 0.00000240. The van der Waals surface area contributed by atoms with Crippen molar-refractivity contribution in [1.82, 2.24) is 14.9 Å². The highest BCUT2D eigenvalue weighted by atomic mass is 16.5. The van der Waals surface area contributed by atoms with Crippen LogP contribution in [0.4, 0.5) is 0 Å². The van der Waals surface area contributed by atoms with E-state index in [1.54, 1.807) is 0 Å². The number of imidazole rings is 1. The van der Waals surface area contributed by atoms with Gasteiger partial charge >= 0.3 is 0 Å². The van der Waals surface area contributed by atoms with Crippen LogP contribution in [0, 0.1) is 5.92 Å². The predicted octanol–water partition coefficient (Wildman–Crippen LogP) is 5.42. The lowest BCUT2D eigenvalue weighted by Gasteiger charge is -2.22. The van der Waals surface area contributed by atoms with E-state index < -0.39 is 0 Å². The van der Waals surface area contributed by atoms with Gasteiger partial charge in [-0.25, -0.2) is 4.98 Å². The van der Waals surface area contributed by atoms with E-state index in [0.29, 0.717) is 6.61 Å². The van der Waals surface area contributed by atoms with Crippen molar-refractivity contribution in [3.63, 3.8) is 0 Å². The standard InChI is InChI=1S/C24H31N3O.H2/c1-4-12-21(13-5-1)28-19-24-26-22-14-6-7-15-23(22)27(24)17-8-2-3-10-20-11-9-16-25-18-20;/h1,4-7,12-15,20,25H,2-3,8-11,16-19H2;1H. The second-order valence-electron chi connectivity index (χ2n) is 7.83. The van der Waals surface area contributed by atoms with Gasteiger partial charge in [0.1, 0.15) is 18.2 Å². The fraction of sp³-hybridized carbons (Fsp3) is 0.458. The van der Waals surface area contributed by atoms with Gasteiger partial charge in [-0.05, 0) is 69.0 Å². The van der Waals surface area contributed by atoms with Gasteiger partial charge in [0.05, 0.1) is 11.0 Å². The van der Waals surface area contributed by atoms with Gasteiger partial charge < -0.3 is 14.6 Å². The fourth-order valence-electron chi connectivity index (χ4n) is 4.20. The van der Waals surface area contributed by atoms with Crippen molar-refractivity contribution in [2.45, 2.75) is 51.7 Å². The Bertz CT molecular complexity index is 859. The third-order valence-electron chi connectivity index (χ3n) is 5.74. The zero-order valence-electron chi connectivity index (χ0n) is 16.6. The number of aryl methyl sites for hydroxylation is 1. The first-order valence-electron chi connectivity index (χ1n) is 10.7. The fourth-order valence-corrected chi connectivity index (χ4v) is 4.20. The van der Waals surface area contributed by atoms with Crippen LogP contribution in [0.3, 0.4) is 0 Å². The summed E-state index contributed by atoms with van der Waals surface area (Å²) >= 11 is 0. The highest BCUT2D eigenvalue weighted by molar-refractivity contribution is 5.75. The van der Waals surface area contributed by atoms with E-state index in [9.17, 15) is 0 Å². The Kier molecular flexibility index (Phi) is 6.61. The molecule has 1 saturated heterocycles. The molecule has 1 aliphatic heterocycles. The Morgan fingerprint density at radius 3 is 2.75 bits per heavy atom. The van der Waals surface area contributed by atoms with E-state index in [4.69, 9.17) is 9.72 Å². The maximum Gasteiger partial charge on any atom is 0.147 e. The van der Waals surface area contributed by atoms with Crippen LogP contribution in [0.15, 0.2) is 54.6 Å². The van der Waals surface area contributed by atoms with Gasteiger partial charge in [-0.3, -0.25) is 0 Å². The minimum absolute atomic E-state index is 0. The van der Waals surface area contributed by atoms with Gasteiger partial charge in [-0.15, -0.1) is 0 Å². The van der Waals surface area contributed by atoms with Crippen molar-refractivity contribution >= 4 is 11.0 Å². The summed E-state index contributed by atoms with van der Waals surface area (Å²) in [5.41, 5.74) is 2.27. The molecule has 1 aliphatic rings. The average Bonchev–Trinajstić information content (AvgIpc) is 3.11. The molecule has 0 amide bonds. The number of hydrogen-bond acceptors (Lipinski definition) is 3. The Morgan fingerprint density at radius 2 is 1.89 bits per heavy atom. The molecule has 1 fully saturated rings. The van der Waals surface area contributed by atoms with Gasteiger partial charge in [0.25, 0.3) is 0 Å². The van der Waals surface area contributed by atoms with E-state index in [1.165, 1.54) is 57.1 Å². The summed E-state index contributed by atoms with van der Waals surface area (Å²) in [6.45, 7) is 3.94. The van der Waals surface area contributed by atoms with Crippen LogP contribution in [0.5, 0.6) is 5.75 Å². The lowest BCUT2D eigenvalue weighted by molar-refractivity contribution is 0.289. The molecule has 0 radical (unpaired) electrons. The summed E-state index contributed by atoms with van der Waals surface area (Å²) in [4.78, 5) is 4.83. The van der Waals surface area contributed by atoms with Gasteiger partial charge in [0.15, 0.2) is 0 Å². The van der Waals surface area contributed by atoms with Crippen LogP contribution in [0.25, 0.3) is 11.0 Å². The van der Waals surface area contributed by atoms with E-state index in [0.717, 1.165) is 29.6 Å². The number of fused-ring (bicyclic) bond motifs is 1. The zero-order valence-corrected chi connectivity index (χ0v) is 16.6. The molecule has 1 aromatic heterocycles. The number of nitrogens with one attached hydrogen (secondary N) is 1. The maximum atomic E-state index is 5.98. The highest BCUT2D eigenvalue weighted by Crippen LogP contribution is 2.21. The Morgan fingerprint density at radius 1 is 1.04 bits per heavy atom. The highest BCUT2D eigenvalue weighted by Gasteiger charge is 2.13. The van der Waals surface area contributed by atoms with Gasteiger partial charge in [0.2, 0.25) is 0 Å². The van der Waals surface area contributed by atoms with Crippen molar-refractivity contribution in [2.75, 3.05) is 13.1 Å². The molecule has 4 nitrogen and oxygen atoms in total. The molecule has 1 unspecified atom stereocenters. The number of hydrogen-bond donors (Lipinski definition) is 1. The van der Waals surface area contributed by atoms with Crippen molar-refractivity contribution in [2.24, 2.45) is 5.92 Å². The van der Waals surface area contributed by atoms with Gasteiger partial charge in [0, 0.05) is 7.97 Å². The van der Waals surface area contributed by atoms with Crippen LogP contribution < -0.4 is 10.1 Å². The van der Waals surface area contributed by atoms with Crippen molar-refractivity contribution in [1.29, 1.82) is 0 Å². The first kappa shape index (κ1) is 19.0. The van der Waals surface area contributed by atoms with Crippen molar-refractivity contribution in [3.8, 4) is 5.75 Å². The molecule has 3 aromatic rings. The molecule has 4 heteroatoms. The molecule has 4 rings (SSSR count). The number of ether oxygens (including phenoxy) is 1. The monoisotopic (exact) mass is 379 g/mol. The number of benzene rings is 2. The predicted molar refractivity (Wildman–Crippen MR) is 117 cm³/mol. The molecule has 28 heavy (non-hydrogen) atoms. The first-order valence-corrected chi connectivity index (χ1v) is 10.7. The number of rotatable bonds is 9. The van der Waals surface area contributed by atoms with E-state index in [1.807, 2.05) is 30.3 Å². The lowest BCUT2D eigenvalue weighted by atomic mass is 9.94. The average molecular weight is 380 g/mol. The summed E-state index contributed by atoms with van der Waals surface area (Å²) in [6.07, 6.45) is 7.91. The molecular formula is C24H33N3O. The third kappa shape index (κ3) is 4.93. The number of nitrogens with zero attached hydrogens (tertiary/aromatic N) is 2. The largest absolute Gasteiger partial charge is 0.486 e. The third-order valence-corrected chi connectivity index (χ3v) is 5.74. The Hall–Kier alpha value is -2.33. The molecule has 2 aromatic carbocycles. The summed E-state index contributed by atoms with van der Waals surface area (Å²) in [5.74, 6) is 2.79. The van der Waals surface area contributed by atoms with Crippen molar-refractivity contribution < 1.29 is 6.16 Å².